The van der Waals surface area contributed by atoms with Crippen molar-refractivity contribution in [3.05, 3.63) is 82.9 Å². The van der Waals surface area contributed by atoms with Gasteiger partial charge in [0.1, 0.15) is 5.25 Å². The fourth-order valence-corrected chi connectivity index (χ4v) is 5.68. The lowest BCUT2D eigenvalue weighted by molar-refractivity contribution is -0.128. The number of ether oxygens (including phenoxy) is 2. The lowest BCUT2D eigenvalue weighted by Gasteiger charge is -2.36. The lowest BCUT2D eigenvalue weighted by atomic mass is 10.0. The van der Waals surface area contributed by atoms with Crippen molar-refractivity contribution in [2.45, 2.75) is 44.0 Å². The Bertz CT molecular complexity index is 1290. The van der Waals surface area contributed by atoms with Crippen molar-refractivity contribution in [3.8, 4) is 11.5 Å². The Balaban J connectivity index is 1.33. The Hall–Kier alpha value is -3.45. The van der Waals surface area contributed by atoms with Crippen LogP contribution in [0.5, 0.6) is 11.5 Å². The molecule has 2 amide bonds. The number of thioether (sulfide) groups is 1. The predicted octanol–water partition coefficient (Wildman–Crippen LogP) is 4.99. The van der Waals surface area contributed by atoms with Gasteiger partial charge in [-0.25, -0.2) is 0 Å². The van der Waals surface area contributed by atoms with Crippen molar-refractivity contribution in [2.75, 3.05) is 11.7 Å². The van der Waals surface area contributed by atoms with Crippen molar-refractivity contribution < 1.29 is 19.1 Å². The van der Waals surface area contributed by atoms with E-state index in [4.69, 9.17) is 9.47 Å². The zero-order valence-corrected chi connectivity index (χ0v) is 20.9. The van der Waals surface area contributed by atoms with Crippen LogP contribution >= 0.6 is 11.8 Å². The minimum atomic E-state index is -0.508. The van der Waals surface area contributed by atoms with Crippen LogP contribution in [0.4, 0.5) is 5.69 Å². The predicted molar refractivity (Wildman–Crippen MR) is 137 cm³/mol. The molecule has 2 aliphatic heterocycles. The largest absolute Gasteiger partial charge is 0.454 e. The molecule has 0 unspecified atom stereocenters. The number of para-hydroxylation sites is 1. The standard InChI is InChI=1S/C28H28N2O4S/c1-17-8-9-18(2)21(12-17)15-30-22-6-4-5-7-25(22)35-26(28(30)32)19(3)27(31)29-14-20-10-11-23-24(13-20)34-16-33-23/h4-13,19,26H,14-16H2,1-3H3,(H,29,31)/t19-,26+/m1/s1. The maximum Gasteiger partial charge on any atom is 0.241 e. The summed E-state index contributed by atoms with van der Waals surface area (Å²) in [7, 11) is 0. The van der Waals surface area contributed by atoms with Gasteiger partial charge in [-0.2, -0.15) is 0 Å². The minimum Gasteiger partial charge on any atom is -0.454 e. The van der Waals surface area contributed by atoms with E-state index in [1.165, 1.54) is 11.8 Å². The molecule has 0 bridgehead atoms. The van der Waals surface area contributed by atoms with E-state index in [2.05, 4.69) is 37.4 Å². The van der Waals surface area contributed by atoms with Gasteiger partial charge in [-0.3, -0.25) is 9.59 Å². The Kier molecular flexibility index (Phi) is 6.43. The maximum absolute atomic E-state index is 13.7. The molecule has 180 valence electrons. The van der Waals surface area contributed by atoms with E-state index in [0.717, 1.165) is 32.8 Å². The van der Waals surface area contributed by atoms with Gasteiger partial charge in [-0.15, -0.1) is 11.8 Å². The van der Waals surface area contributed by atoms with Crippen LogP contribution in [-0.4, -0.2) is 23.9 Å². The molecule has 2 heterocycles. The number of rotatable bonds is 6. The zero-order chi connectivity index (χ0) is 24.5. The molecule has 1 N–H and O–H groups in total. The molecule has 0 saturated carbocycles. The number of anilines is 1. The van der Waals surface area contributed by atoms with Crippen molar-refractivity contribution in [1.82, 2.24) is 5.32 Å². The first-order valence-corrected chi connectivity index (χ1v) is 12.6. The number of aryl methyl sites for hydroxylation is 2. The summed E-state index contributed by atoms with van der Waals surface area (Å²) in [5.74, 6) is 0.692. The molecule has 6 nitrogen and oxygen atoms in total. The van der Waals surface area contributed by atoms with Gasteiger partial charge in [-0.05, 0) is 54.8 Å². The summed E-state index contributed by atoms with van der Waals surface area (Å²) in [6, 6.07) is 19.8. The van der Waals surface area contributed by atoms with Gasteiger partial charge in [0.05, 0.1) is 18.2 Å². The number of carbonyl (C=O) groups excluding carboxylic acids is 2. The molecule has 2 atom stereocenters. The zero-order valence-electron chi connectivity index (χ0n) is 20.0. The third-order valence-electron chi connectivity index (χ3n) is 6.52. The van der Waals surface area contributed by atoms with Gasteiger partial charge in [0.15, 0.2) is 11.5 Å². The first-order valence-electron chi connectivity index (χ1n) is 11.7. The van der Waals surface area contributed by atoms with Crippen LogP contribution in [0.15, 0.2) is 65.6 Å². The first-order chi connectivity index (χ1) is 16.9. The van der Waals surface area contributed by atoms with Crippen LogP contribution in [0.2, 0.25) is 0 Å². The second-order valence-electron chi connectivity index (χ2n) is 9.05. The summed E-state index contributed by atoms with van der Waals surface area (Å²) < 4.78 is 10.8. The van der Waals surface area contributed by atoms with Crippen LogP contribution in [0, 0.1) is 19.8 Å². The van der Waals surface area contributed by atoms with E-state index < -0.39 is 11.2 Å². The molecular weight excluding hydrogens is 460 g/mol. The summed E-state index contributed by atoms with van der Waals surface area (Å²) in [5, 5.41) is 2.49. The minimum absolute atomic E-state index is 0.0414. The van der Waals surface area contributed by atoms with Crippen molar-refractivity contribution >= 4 is 29.3 Å². The molecule has 0 aliphatic carbocycles. The van der Waals surface area contributed by atoms with E-state index in [1.807, 2.05) is 54.3 Å². The van der Waals surface area contributed by atoms with Crippen molar-refractivity contribution in [3.63, 3.8) is 0 Å². The first kappa shape index (κ1) is 23.3. The molecule has 3 aromatic carbocycles. The Morgan fingerprint density at radius 1 is 1.09 bits per heavy atom. The molecule has 35 heavy (non-hydrogen) atoms. The number of nitrogens with zero attached hydrogens (tertiary/aromatic N) is 1. The van der Waals surface area contributed by atoms with Crippen LogP contribution < -0.4 is 19.7 Å². The number of benzene rings is 3. The molecule has 0 radical (unpaired) electrons. The number of fused-ring (bicyclic) bond motifs is 2. The Labute approximate surface area is 209 Å². The second kappa shape index (κ2) is 9.66. The fraction of sp³-hybridized carbons (Fsp3) is 0.286. The number of hydrogen-bond donors (Lipinski definition) is 1. The quantitative estimate of drug-likeness (QED) is 0.529. The SMILES string of the molecule is Cc1ccc(C)c(CN2C(=O)[C@H]([C@@H](C)C(=O)NCc3ccc4c(c3)OCO4)Sc3ccccc32)c1. The molecule has 0 aromatic heterocycles. The molecular formula is C28H28N2O4S. The van der Waals surface area contributed by atoms with Crippen LogP contribution in [0.25, 0.3) is 0 Å². The van der Waals surface area contributed by atoms with Crippen LogP contribution in [0.1, 0.15) is 29.2 Å². The summed E-state index contributed by atoms with van der Waals surface area (Å²) in [6.07, 6.45) is 0. The summed E-state index contributed by atoms with van der Waals surface area (Å²) in [5.41, 5.74) is 5.22. The lowest BCUT2D eigenvalue weighted by Crippen LogP contribution is -2.47. The highest BCUT2D eigenvalue weighted by molar-refractivity contribution is 8.01. The van der Waals surface area contributed by atoms with Crippen molar-refractivity contribution in [2.24, 2.45) is 5.92 Å². The van der Waals surface area contributed by atoms with Gasteiger partial charge < -0.3 is 19.7 Å². The highest BCUT2D eigenvalue weighted by Crippen LogP contribution is 2.42. The molecule has 0 spiro atoms. The van der Waals surface area contributed by atoms with Gasteiger partial charge >= 0.3 is 0 Å². The number of nitrogens with one attached hydrogen (secondary N) is 1. The second-order valence-corrected chi connectivity index (χ2v) is 10.2. The number of hydrogen-bond acceptors (Lipinski definition) is 5. The summed E-state index contributed by atoms with van der Waals surface area (Å²) in [4.78, 5) is 29.7. The molecule has 3 aromatic rings. The van der Waals surface area contributed by atoms with Crippen LogP contribution in [-0.2, 0) is 22.7 Å². The Morgan fingerprint density at radius 2 is 1.89 bits per heavy atom. The highest BCUT2D eigenvalue weighted by atomic mass is 32.2. The smallest absolute Gasteiger partial charge is 0.241 e. The molecule has 0 fully saturated rings. The average molecular weight is 489 g/mol. The Morgan fingerprint density at radius 3 is 2.74 bits per heavy atom. The van der Waals surface area contributed by atoms with Crippen LogP contribution in [0.3, 0.4) is 0 Å². The van der Waals surface area contributed by atoms with E-state index in [9.17, 15) is 9.59 Å². The molecule has 5 rings (SSSR count). The topological polar surface area (TPSA) is 67.9 Å². The van der Waals surface area contributed by atoms with E-state index in [0.29, 0.717) is 24.6 Å². The number of amides is 2. The van der Waals surface area contributed by atoms with E-state index in [-0.39, 0.29) is 18.6 Å². The summed E-state index contributed by atoms with van der Waals surface area (Å²) in [6.45, 7) is 6.99. The highest BCUT2D eigenvalue weighted by Gasteiger charge is 2.39. The molecule has 7 heteroatoms. The van der Waals surface area contributed by atoms with Gasteiger partial charge in [0.2, 0.25) is 18.6 Å². The fourth-order valence-electron chi connectivity index (χ4n) is 4.40. The maximum atomic E-state index is 13.7. The third-order valence-corrected chi connectivity index (χ3v) is 7.99. The molecule has 0 saturated heterocycles. The van der Waals surface area contributed by atoms with Gasteiger partial charge in [0.25, 0.3) is 0 Å². The summed E-state index contributed by atoms with van der Waals surface area (Å²) >= 11 is 1.47. The number of carbonyl (C=O) groups is 2. The average Bonchev–Trinajstić information content (AvgIpc) is 3.33. The van der Waals surface area contributed by atoms with Gasteiger partial charge in [0, 0.05) is 11.4 Å². The normalized spacial score (nSPS) is 17.2. The van der Waals surface area contributed by atoms with E-state index in [1.54, 1.807) is 0 Å². The third kappa shape index (κ3) is 4.73. The monoisotopic (exact) mass is 488 g/mol. The van der Waals surface area contributed by atoms with Crippen molar-refractivity contribution in [1.29, 1.82) is 0 Å². The van der Waals surface area contributed by atoms with Gasteiger partial charge in [-0.1, -0.05) is 48.9 Å². The van der Waals surface area contributed by atoms with E-state index >= 15 is 0 Å². The molecule has 2 aliphatic rings.